The number of ether oxygens (including phenoxy) is 1. The maximum atomic E-state index is 11.2. The lowest BCUT2D eigenvalue weighted by molar-refractivity contribution is -0.136. The number of carbonyl (C=O) groups is 1. The van der Waals surface area contributed by atoms with E-state index >= 15 is 0 Å². The second-order valence-corrected chi connectivity index (χ2v) is 9.82. The molecular weight excluding hydrogens is 419 g/mol. The Morgan fingerprint density at radius 1 is 1.12 bits per heavy atom. The van der Waals surface area contributed by atoms with Gasteiger partial charge >= 0.3 is 13.1 Å². The van der Waals surface area contributed by atoms with Crippen molar-refractivity contribution in [3.63, 3.8) is 0 Å². The van der Waals surface area contributed by atoms with E-state index in [9.17, 15) is 9.90 Å². The van der Waals surface area contributed by atoms with E-state index in [0.29, 0.717) is 11.3 Å². The number of para-hydroxylation sites is 1. The second-order valence-electron chi connectivity index (χ2n) is 9.82. The molecule has 1 saturated heterocycles. The van der Waals surface area contributed by atoms with Gasteiger partial charge in [0.2, 0.25) is 0 Å². The summed E-state index contributed by atoms with van der Waals surface area (Å²) in [6, 6.07) is 13.5. The Bertz CT molecular complexity index is 1170. The van der Waals surface area contributed by atoms with Gasteiger partial charge in [0.25, 0.3) is 0 Å². The molecule has 7 nitrogen and oxygen atoms in total. The molecule has 3 aromatic rings. The number of nitrogens with zero attached hydrogens (tertiary/aromatic N) is 2. The molecule has 0 spiro atoms. The van der Waals surface area contributed by atoms with Crippen LogP contribution >= 0.6 is 0 Å². The summed E-state index contributed by atoms with van der Waals surface area (Å²) < 4.78 is 20.5. The van der Waals surface area contributed by atoms with E-state index in [4.69, 9.17) is 19.1 Å². The highest BCUT2D eigenvalue weighted by Gasteiger charge is 2.51. The van der Waals surface area contributed by atoms with Gasteiger partial charge in [-0.05, 0) is 59.1 Å². The summed E-state index contributed by atoms with van der Waals surface area (Å²) in [5.41, 5.74) is 2.50. The minimum atomic E-state index is -0.896. The highest BCUT2D eigenvalue weighted by atomic mass is 16.7. The predicted octanol–water partition coefficient (Wildman–Crippen LogP) is 4.12. The molecular formula is C25H31BN2O5. The molecule has 33 heavy (non-hydrogen) atoms. The Balaban J connectivity index is 1.67. The lowest BCUT2D eigenvalue weighted by Crippen LogP contribution is -2.41. The number of carboxylic acid groups (broad SMARTS) is 1. The zero-order valence-electron chi connectivity index (χ0n) is 20.1. The first kappa shape index (κ1) is 23.3. The van der Waals surface area contributed by atoms with Crippen LogP contribution in [-0.2, 0) is 27.1 Å². The van der Waals surface area contributed by atoms with Crippen LogP contribution in [0.2, 0.25) is 0 Å². The average Bonchev–Trinajstić information content (AvgIpc) is 3.20. The van der Waals surface area contributed by atoms with Gasteiger partial charge in [-0.2, -0.15) is 5.10 Å². The van der Waals surface area contributed by atoms with E-state index in [-0.39, 0.29) is 19.1 Å². The zero-order valence-corrected chi connectivity index (χ0v) is 20.1. The standard InChI is InChI=1S/C25H31BN2O5/c1-16(2)28-21-12-11-18(26-32-24(3,4)25(5,6)33-26)14-19(21)20(27-28)15-31-22-10-8-7-9-17(22)13-23(29)30/h7-12,14,16H,13,15H2,1-6H3,(H,29,30). The summed E-state index contributed by atoms with van der Waals surface area (Å²) in [6.45, 7) is 12.5. The summed E-state index contributed by atoms with van der Waals surface area (Å²) >= 11 is 0. The van der Waals surface area contributed by atoms with E-state index < -0.39 is 24.3 Å². The predicted molar refractivity (Wildman–Crippen MR) is 128 cm³/mol. The molecule has 0 atom stereocenters. The first-order valence-electron chi connectivity index (χ1n) is 11.3. The van der Waals surface area contributed by atoms with E-state index in [1.165, 1.54) is 0 Å². The molecule has 1 aliphatic heterocycles. The number of benzene rings is 2. The number of hydrogen-bond donors (Lipinski definition) is 1. The van der Waals surface area contributed by atoms with Crippen LogP contribution < -0.4 is 10.2 Å². The molecule has 0 bridgehead atoms. The van der Waals surface area contributed by atoms with Crippen molar-refractivity contribution in [1.82, 2.24) is 9.78 Å². The lowest BCUT2D eigenvalue weighted by atomic mass is 9.78. The molecule has 4 rings (SSSR count). The molecule has 1 N–H and O–H groups in total. The molecule has 0 saturated carbocycles. The van der Waals surface area contributed by atoms with Gasteiger partial charge in [-0.25, -0.2) is 0 Å². The molecule has 2 aromatic carbocycles. The van der Waals surface area contributed by atoms with E-state index in [2.05, 4.69) is 19.9 Å². The van der Waals surface area contributed by atoms with Crippen molar-refractivity contribution < 1.29 is 23.9 Å². The highest BCUT2D eigenvalue weighted by molar-refractivity contribution is 6.62. The molecule has 1 aliphatic rings. The van der Waals surface area contributed by atoms with Crippen LogP contribution in [0.25, 0.3) is 10.9 Å². The molecule has 0 amide bonds. The monoisotopic (exact) mass is 450 g/mol. The second kappa shape index (κ2) is 8.50. The van der Waals surface area contributed by atoms with Crippen molar-refractivity contribution in [1.29, 1.82) is 0 Å². The van der Waals surface area contributed by atoms with Crippen LogP contribution in [0.15, 0.2) is 42.5 Å². The normalized spacial score (nSPS) is 17.1. The molecule has 0 radical (unpaired) electrons. The Morgan fingerprint density at radius 3 is 2.42 bits per heavy atom. The molecule has 1 aromatic heterocycles. The minimum Gasteiger partial charge on any atom is -0.487 e. The average molecular weight is 450 g/mol. The number of hydrogen-bond acceptors (Lipinski definition) is 5. The third-order valence-corrected chi connectivity index (χ3v) is 6.50. The van der Waals surface area contributed by atoms with Crippen LogP contribution in [0.3, 0.4) is 0 Å². The Kier molecular flexibility index (Phi) is 6.01. The molecule has 174 valence electrons. The summed E-state index contributed by atoms with van der Waals surface area (Å²) in [6.07, 6.45) is -0.0938. The SMILES string of the molecule is CC(C)n1nc(COc2ccccc2CC(=O)O)c2cc(B3OC(C)(C)C(C)(C)O3)ccc21. The van der Waals surface area contributed by atoms with E-state index in [0.717, 1.165) is 22.1 Å². The maximum Gasteiger partial charge on any atom is 0.494 e. The van der Waals surface area contributed by atoms with Crippen LogP contribution in [0, 0.1) is 0 Å². The number of aromatic nitrogens is 2. The van der Waals surface area contributed by atoms with Gasteiger partial charge in [0.1, 0.15) is 18.1 Å². The summed E-state index contributed by atoms with van der Waals surface area (Å²) in [5.74, 6) is -0.345. The van der Waals surface area contributed by atoms with Gasteiger partial charge in [-0.3, -0.25) is 9.48 Å². The Morgan fingerprint density at radius 2 is 1.79 bits per heavy atom. The third kappa shape index (κ3) is 4.50. The summed E-state index contributed by atoms with van der Waals surface area (Å²) in [7, 11) is -0.466. The van der Waals surface area contributed by atoms with E-state index in [1.54, 1.807) is 12.1 Å². The topological polar surface area (TPSA) is 82.8 Å². The largest absolute Gasteiger partial charge is 0.494 e. The molecule has 8 heteroatoms. The van der Waals surface area contributed by atoms with Crippen molar-refractivity contribution in [2.75, 3.05) is 0 Å². The quantitative estimate of drug-likeness (QED) is 0.546. The Hall–Kier alpha value is -2.84. The van der Waals surface area contributed by atoms with Crippen molar-refractivity contribution >= 4 is 29.5 Å². The van der Waals surface area contributed by atoms with Gasteiger partial charge in [-0.1, -0.05) is 30.3 Å². The first-order chi connectivity index (χ1) is 15.5. The zero-order chi connectivity index (χ0) is 24.0. The van der Waals surface area contributed by atoms with Crippen molar-refractivity contribution in [2.45, 2.75) is 71.8 Å². The van der Waals surface area contributed by atoms with Gasteiger partial charge in [0, 0.05) is 17.0 Å². The molecule has 0 aliphatic carbocycles. The first-order valence-corrected chi connectivity index (χ1v) is 11.3. The van der Waals surface area contributed by atoms with Crippen LogP contribution in [0.1, 0.15) is 58.8 Å². The lowest BCUT2D eigenvalue weighted by Gasteiger charge is -2.32. The third-order valence-electron chi connectivity index (χ3n) is 6.50. The van der Waals surface area contributed by atoms with Crippen molar-refractivity contribution in [3.8, 4) is 5.75 Å². The van der Waals surface area contributed by atoms with Crippen LogP contribution in [0.5, 0.6) is 5.75 Å². The minimum absolute atomic E-state index is 0.0938. The smallest absolute Gasteiger partial charge is 0.487 e. The molecule has 0 unspecified atom stereocenters. The van der Waals surface area contributed by atoms with Gasteiger partial charge in [-0.15, -0.1) is 0 Å². The fourth-order valence-electron chi connectivity index (χ4n) is 3.95. The van der Waals surface area contributed by atoms with Crippen molar-refractivity contribution in [2.24, 2.45) is 0 Å². The number of fused-ring (bicyclic) bond motifs is 1. The molecule has 1 fully saturated rings. The number of aliphatic carboxylic acids is 1. The van der Waals surface area contributed by atoms with Gasteiger partial charge in [0.15, 0.2) is 0 Å². The highest BCUT2D eigenvalue weighted by Crippen LogP contribution is 2.37. The fourth-order valence-corrected chi connectivity index (χ4v) is 3.95. The fraction of sp³-hybridized carbons (Fsp3) is 0.440. The van der Waals surface area contributed by atoms with Gasteiger partial charge in [0.05, 0.1) is 23.1 Å². The maximum absolute atomic E-state index is 11.2. The van der Waals surface area contributed by atoms with Crippen molar-refractivity contribution in [3.05, 3.63) is 53.7 Å². The molecule has 2 heterocycles. The number of carboxylic acids is 1. The summed E-state index contributed by atoms with van der Waals surface area (Å²) in [4.78, 5) is 11.2. The number of rotatable bonds is 7. The van der Waals surface area contributed by atoms with Gasteiger partial charge < -0.3 is 19.2 Å². The van der Waals surface area contributed by atoms with E-state index in [1.807, 2.05) is 56.6 Å². The van der Waals surface area contributed by atoms with Crippen LogP contribution in [-0.4, -0.2) is 39.2 Å². The van der Waals surface area contributed by atoms with Crippen LogP contribution in [0.4, 0.5) is 0 Å². The summed E-state index contributed by atoms with van der Waals surface area (Å²) in [5, 5.41) is 15.0. The Labute approximate surface area is 194 Å².